The van der Waals surface area contributed by atoms with Crippen molar-refractivity contribution in [3.05, 3.63) is 70.3 Å². The lowest BCUT2D eigenvalue weighted by atomic mass is 9.92. The SMILES string of the molecule is CCCc1ccc(C(NN)c2cccc(C)c2C)cc1. The maximum atomic E-state index is 5.80. The number of nitrogens with one attached hydrogen (secondary N) is 1. The number of benzene rings is 2. The van der Waals surface area contributed by atoms with Gasteiger partial charge in [-0.05, 0) is 48.1 Å². The van der Waals surface area contributed by atoms with Crippen molar-refractivity contribution in [2.75, 3.05) is 0 Å². The zero-order valence-electron chi connectivity index (χ0n) is 12.6. The molecule has 2 aromatic rings. The predicted molar refractivity (Wildman–Crippen MR) is 85.5 cm³/mol. The molecule has 0 aliphatic heterocycles. The van der Waals surface area contributed by atoms with Crippen molar-refractivity contribution in [3.8, 4) is 0 Å². The zero-order valence-corrected chi connectivity index (χ0v) is 12.6. The summed E-state index contributed by atoms with van der Waals surface area (Å²) in [5.74, 6) is 5.80. The van der Waals surface area contributed by atoms with Gasteiger partial charge >= 0.3 is 0 Å². The summed E-state index contributed by atoms with van der Waals surface area (Å²) in [6.45, 7) is 6.49. The van der Waals surface area contributed by atoms with Crippen LogP contribution < -0.4 is 11.3 Å². The molecule has 0 aromatic heterocycles. The molecule has 0 saturated heterocycles. The molecule has 0 spiro atoms. The van der Waals surface area contributed by atoms with Gasteiger partial charge in [0.05, 0.1) is 6.04 Å². The summed E-state index contributed by atoms with van der Waals surface area (Å²) in [6.07, 6.45) is 2.30. The molecule has 2 heteroatoms. The second-order valence-electron chi connectivity index (χ2n) is 5.38. The first-order valence-electron chi connectivity index (χ1n) is 7.28. The standard InChI is InChI=1S/C18H24N2/c1-4-6-15-9-11-16(12-10-15)18(20-19)17-8-5-7-13(2)14(17)3/h5,7-12,18,20H,4,6,19H2,1-3H3. The van der Waals surface area contributed by atoms with Gasteiger partial charge in [0.25, 0.3) is 0 Å². The summed E-state index contributed by atoms with van der Waals surface area (Å²) in [5.41, 5.74) is 9.39. The fourth-order valence-corrected chi connectivity index (χ4v) is 2.62. The quantitative estimate of drug-likeness (QED) is 0.639. The van der Waals surface area contributed by atoms with Gasteiger partial charge in [-0.25, -0.2) is 5.43 Å². The lowest BCUT2D eigenvalue weighted by Crippen LogP contribution is -2.29. The number of hydrogen-bond acceptors (Lipinski definition) is 2. The molecular formula is C18H24N2. The lowest BCUT2D eigenvalue weighted by Gasteiger charge is -2.20. The van der Waals surface area contributed by atoms with Gasteiger partial charge in [-0.2, -0.15) is 0 Å². The summed E-state index contributed by atoms with van der Waals surface area (Å²) in [5, 5.41) is 0. The van der Waals surface area contributed by atoms with Crippen LogP contribution in [-0.2, 0) is 6.42 Å². The summed E-state index contributed by atoms with van der Waals surface area (Å²) in [6, 6.07) is 15.2. The Labute approximate surface area is 122 Å². The van der Waals surface area contributed by atoms with Gasteiger partial charge in [-0.3, -0.25) is 5.84 Å². The minimum atomic E-state index is 0.0468. The van der Waals surface area contributed by atoms with Crippen LogP contribution in [0.4, 0.5) is 0 Å². The molecule has 0 aliphatic carbocycles. The normalized spacial score (nSPS) is 12.4. The van der Waals surface area contributed by atoms with Crippen LogP contribution in [0.15, 0.2) is 42.5 Å². The van der Waals surface area contributed by atoms with Crippen LogP contribution >= 0.6 is 0 Å². The van der Waals surface area contributed by atoms with Crippen LogP contribution in [0.2, 0.25) is 0 Å². The molecule has 1 atom stereocenters. The fraction of sp³-hybridized carbons (Fsp3) is 0.333. The van der Waals surface area contributed by atoms with Crippen LogP contribution in [0.3, 0.4) is 0 Å². The second kappa shape index (κ2) is 6.69. The molecule has 0 amide bonds. The van der Waals surface area contributed by atoms with Gasteiger partial charge in [-0.1, -0.05) is 55.8 Å². The van der Waals surface area contributed by atoms with Gasteiger partial charge in [0, 0.05) is 0 Å². The number of hydrazine groups is 1. The third kappa shape index (κ3) is 3.09. The van der Waals surface area contributed by atoms with Crippen molar-refractivity contribution < 1.29 is 0 Å². The first kappa shape index (κ1) is 14.8. The Bertz CT molecular complexity index is 558. The third-order valence-electron chi connectivity index (χ3n) is 3.98. The van der Waals surface area contributed by atoms with E-state index >= 15 is 0 Å². The first-order valence-corrected chi connectivity index (χ1v) is 7.28. The molecule has 2 nitrogen and oxygen atoms in total. The van der Waals surface area contributed by atoms with E-state index in [9.17, 15) is 0 Å². The smallest absolute Gasteiger partial charge is 0.0712 e. The highest BCUT2D eigenvalue weighted by Gasteiger charge is 2.15. The van der Waals surface area contributed by atoms with Gasteiger partial charge in [0.1, 0.15) is 0 Å². The molecule has 0 bridgehead atoms. The minimum absolute atomic E-state index is 0.0468. The first-order chi connectivity index (χ1) is 9.67. The molecule has 20 heavy (non-hydrogen) atoms. The van der Waals surface area contributed by atoms with Crippen molar-refractivity contribution in [2.45, 2.75) is 39.7 Å². The highest BCUT2D eigenvalue weighted by molar-refractivity contribution is 5.41. The molecular weight excluding hydrogens is 244 g/mol. The molecule has 0 radical (unpaired) electrons. The summed E-state index contributed by atoms with van der Waals surface area (Å²) in [7, 11) is 0. The van der Waals surface area contributed by atoms with E-state index in [2.05, 4.69) is 68.7 Å². The van der Waals surface area contributed by atoms with E-state index in [1.807, 2.05) is 0 Å². The Kier molecular flexibility index (Phi) is 4.94. The summed E-state index contributed by atoms with van der Waals surface area (Å²) >= 11 is 0. The van der Waals surface area contributed by atoms with E-state index < -0.39 is 0 Å². The van der Waals surface area contributed by atoms with Gasteiger partial charge in [0.2, 0.25) is 0 Å². The maximum absolute atomic E-state index is 5.80. The van der Waals surface area contributed by atoms with E-state index in [-0.39, 0.29) is 6.04 Å². The van der Waals surface area contributed by atoms with Gasteiger partial charge < -0.3 is 0 Å². The van der Waals surface area contributed by atoms with Gasteiger partial charge in [0.15, 0.2) is 0 Å². The molecule has 106 valence electrons. The summed E-state index contributed by atoms with van der Waals surface area (Å²) < 4.78 is 0. The Hall–Kier alpha value is -1.64. The maximum Gasteiger partial charge on any atom is 0.0712 e. The topological polar surface area (TPSA) is 38.0 Å². The zero-order chi connectivity index (χ0) is 14.5. The molecule has 0 heterocycles. The molecule has 0 saturated carbocycles. The third-order valence-corrected chi connectivity index (χ3v) is 3.98. The van der Waals surface area contributed by atoms with E-state index in [0.717, 1.165) is 6.42 Å². The predicted octanol–water partition coefficient (Wildman–Crippen LogP) is 3.81. The number of rotatable bonds is 5. The number of nitrogens with two attached hydrogens (primary N) is 1. The second-order valence-corrected chi connectivity index (χ2v) is 5.38. The molecule has 1 unspecified atom stereocenters. The number of hydrogen-bond donors (Lipinski definition) is 2. The van der Waals surface area contributed by atoms with Crippen molar-refractivity contribution in [1.82, 2.24) is 5.43 Å². The van der Waals surface area contributed by atoms with E-state index in [1.165, 1.54) is 34.2 Å². The van der Waals surface area contributed by atoms with Gasteiger partial charge in [-0.15, -0.1) is 0 Å². The summed E-state index contributed by atoms with van der Waals surface area (Å²) in [4.78, 5) is 0. The van der Waals surface area contributed by atoms with Crippen molar-refractivity contribution in [3.63, 3.8) is 0 Å². The van der Waals surface area contributed by atoms with Crippen LogP contribution in [0.25, 0.3) is 0 Å². The largest absolute Gasteiger partial charge is 0.271 e. The Morgan fingerprint density at radius 2 is 1.75 bits per heavy atom. The van der Waals surface area contributed by atoms with Crippen molar-refractivity contribution in [1.29, 1.82) is 0 Å². The molecule has 0 fully saturated rings. The van der Waals surface area contributed by atoms with Crippen LogP contribution in [0.1, 0.15) is 47.2 Å². The minimum Gasteiger partial charge on any atom is -0.271 e. The Morgan fingerprint density at radius 3 is 2.35 bits per heavy atom. The van der Waals surface area contributed by atoms with Crippen molar-refractivity contribution in [2.24, 2.45) is 5.84 Å². The Balaban J connectivity index is 2.34. The van der Waals surface area contributed by atoms with E-state index in [4.69, 9.17) is 5.84 Å². The van der Waals surface area contributed by atoms with E-state index in [1.54, 1.807) is 0 Å². The molecule has 0 aliphatic rings. The highest BCUT2D eigenvalue weighted by atomic mass is 15.2. The highest BCUT2D eigenvalue weighted by Crippen LogP contribution is 2.26. The number of aryl methyl sites for hydroxylation is 2. The Morgan fingerprint density at radius 1 is 1.05 bits per heavy atom. The lowest BCUT2D eigenvalue weighted by molar-refractivity contribution is 0.633. The average Bonchev–Trinajstić information content (AvgIpc) is 2.46. The fourth-order valence-electron chi connectivity index (χ4n) is 2.62. The van der Waals surface area contributed by atoms with Crippen LogP contribution in [-0.4, -0.2) is 0 Å². The van der Waals surface area contributed by atoms with Crippen LogP contribution in [0.5, 0.6) is 0 Å². The van der Waals surface area contributed by atoms with Crippen molar-refractivity contribution >= 4 is 0 Å². The average molecular weight is 268 g/mol. The molecule has 3 N–H and O–H groups in total. The molecule has 2 aromatic carbocycles. The monoisotopic (exact) mass is 268 g/mol. The van der Waals surface area contributed by atoms with E-state index in [0.29, 0.717) is 0 Å². The molecule has 2 rings (SSSR count). The van der Waals surface area contributed by atoms with Crippen LogP contribution in [0, 0.1) is 13.8 Å².